The number of fused-ring (bicyclic) bond motifs is 1. The Kier molecular flexibility index (Phi) is 5.31. The fourth-order valence-electron chi connectivity index (χ4n) is 4.46. The van der Waals surface area contributed by atoms with Crippen LogP contribution in [-0.4, -0.2) is 47.6 Å². The molecule has 0 radical (unpaired) electrons. The van der Waals surface area contributed by atoms with Gasteiger partial charge >= 0.3 is 6.09 Å². The minimum atomic E-state index is -2.50. The van der Waals surface area contributed by atoms with Crippen molar-refractivity contribution >= 4 is 22.4 Å². The van der Waals surface area contributed by atoms with Crippen molar-refractivity contribution in [2.24, 2.45) is 0 Å². The molecule has 2 aromatic carbocycles. The van der Waals surface area contributed by atoms with Gasteiger partial charge in [0, 0.05) is 28.9 Å². The van der Waals surface area contributed by atoms with Crippen molar-refractivity contribution in [3.63, 3.8) is 0 Å². The van der Waals surface area contributed by atoms with Gasteiger partial charge in [-0.15, -0.1) is 0 Å². The van der Waals surface area contributed by atoms with Crippen LogP contribution in [0.25, 0.3) is 11.1 Å². The maximum Gasteiger partial charge on any atom is 0.412 e. The lowest BCUT2D eigenvalue weighted by atomic mass is 9.92. The van der Waals surface area contributed by atoms with Crippen LogP contribution in [0, 0.1) is 5.82 Å². The number of carboxylic acid groups (broad SMARTS) is 1. The number of benzene rings is 2. The quantitative estimate of drug-likeness (QED) is 0.455. The summed E-state index contributed by atoms with van der Waals surface area (Å²) in [5.74, 6) is 1.13. The van der Waals surface area contributed by atoms with Crippen molar-refractivity contribution in [2.45, 2.75) is 31.8 Å². The molecule has 1 fully saturated rings. The van der Waals surface area contributed by atoms with E-state index in [1.165, 1.54) is 29.2 Å². The Morgan fingerprint density at radius 3 is 2.58 bits per heavy atom. The molecule has 174 valence electrons. The molecule has 0 bridgehead atoms. The first-order chi connectivity index (χ1) is 15.7. The molecule has 1 amide bonds. The van der Waals surface area contributed by atoms with Gasteiger partial charge in [0.2, 0.25) is 0 Å². The first-order valence-corrected chi connectivity index (χ1v) is 12.5. The lowest BCUT2D eigenvalue weighted by Crippen LogP contribution is -2.41. The summed E-state index contributed by atoms with van der Waals surface area (Å²) in [6.45, 7) is 1.87. The van der Waals surface area contributed by atoms with E-state index >= 15 is 0 Å². The monoisotopic (exact) mass is 473 g/mol. The normalized spacial score (nSPS) is 20.6. The molecule has 0 saturated carbocycles. The largest absolute Gasteiger partial charge is 0.465 e. The van der Waals surface area contributed by atoms with Gasteiger partial charge in [-0.25, -0.2) is 9.18 Å². The highest BCUT2D eigenvalue weighted by Crippen LogP contribution is 2.54. The maximum atomic E-state index is 13.4. The number of aromatic nitrogens is 2. The maximum absolute atomic E-state index is 13.4. The third-order valence-corrected chi connectivity index (χ3v) is 8.03. The van der Waals surface area contributed by atoms with Crippen molar-refractivity contribution < 1.29 is 28.1 Å². The van der Waals surface area contributed by atoms with Gasteiger partial charge in [-0.3, -0.25) is 18.7 Å². The Balaban J connectivity index is 1.58. The van der Waals surface area contributed by atoms with E-state index in [9.17, 15) is 23.4 Å². The van der Waals surface area contributed by atoms with Crippen LogP contribution >= 0.6 is 10.6 Å². The second-order valence-electron chi connectivity index (χ2n) is 8.53. The van der Waals surface area contributed by atoms with Crippen LogP contribution in [0.4, 0.5) is 14.9 Å². The molecule has 2 aliphatic rings. The molecule has 1 atom stereocenters. The molecule has 0 spiro atoms. The number of halogens is 1. The first-order valence-electron chi connectivity index (χ1n) is 10.6. The Hall–Kier alpha value is -3.08. The Morgan fingerprint density at radius 1 is 1.18 bits per heavy atom. The highest BCUT2D eigenvalue weighted by molar-refractivity contribution is 8.25. The van der Waals surface area contributed by atoms with E-state index in [2.05, 4.69) is 5.10 Å². The summed E-state index contributed by atoms with van der Waals surface area (Å²) in [7, 11) is -2.50. The van der Waals surface area contributed by atoms with Crippen LogP contribution in [0.15, 0.2) is 48.8 Å². The van der Waals surface area contributed by atoms with Gasteiger partial charge in [0.25, 0.3) is 0 Å². The predicted octanol–water partition coefficient (Wildman–Crippen LogP) is 5.61. The molecule has 8 nitrogen and oxygen atoms in total. The summed E-state index contributed by atoms with van der Waals surface area (Å²) in [5.41, 5.74) is 2.83. The average molecular weight is 474 g/mol. The summed E-state index contributed by atoms with van der Waals surface area (Å²) in [6.07, 6.45) is 3.76. The van der Waals surface area contributed by atoms with Crippen LogP contribution < -0.4 is 9.64 Å². The zero-order chi connectivity index (χ0) is 23.3. The fourth-order valence-corrected chi connectivity index (χ4v) is 5.90. The molecule has 1 unspecified atom stereocenters. The summed E-state index contributed by atoms with van der Waals surface area (Å²) in [6, 6.07) is 9.02. The molecule has 1 aromatic heterocycles. The zero-order valence-electron chi connectivity index (χ0n) is 17.9. The van der Waals surface area contributed by atoms with Crippen LogP contribution in [0.1, 0.15) is 24.9 Å². The third-order valence-electron chi connectivity index (χ3n) is 6.19. The SMILES string of the molecule is CC1CCc2c(ccc(-c3cnn(C4CS(O)(O)C4)c3)c2Oc2ccc(F)cc2)N1C(=O)O. The van der Waals surface area contributed by atoms with Gasteiger partial charge in [0.15, 0.2) is 0 Å². The zero-order valence-corrected chi connectivity index (χ0v) is 18.7. The van der Waals surface area contributed by atoms with E-state index in [4.69, 9.17) is 4.74 Å². The molecular weight excluding hydrogens is 449 g/mol. The molecule has 33 heavy (non-hydrogen) atoms. The van der Waals surface area contributed by atoms with Crippen molar-refractivity contribution in [2.75, 3.05) is 16.4 Å². The molecule has 3 N–H and O–H groups in total. The molecule has 10 heteroatoms. The molecule has 2 aliphatic heterocycles. The minimum absolute atomic E-state index is 0.0776. The number of hydrogen-bond donors (Lipinski definition) is 3. The number of amides is 1. The van der Waals surface area contributed by atoms with Crippen LogP contribution in [0.2, 0.25) is 0 Å². The van der Waals surface area contributed by atoms with Crippen LogP contribution in [-0.2, 0) is 6.42 Å². The Bertz CT molecular complexity index is 1210. The second-order valence-corrected chi connectivity index (χ2v) is 10.8. The highest BCUT2D eigenvalue weighted by Gasteiger charge is 2.36. The number of ether oxygens (including phenoxy) is 1. The van der Waals surface area contributed by atoms with E-state index in [-0.39, 0.29) is 29.4 Å². The first kappa shape index (κ1) is 21.7. The van der Waals surface area contributed by atoms with Gasteiger partial charge in [-0.1, -0.05) is 0 Å². The fraction of sp³-hybridized carbons (Fsp3) is 0.304. The van der Waals surface area contributed by atoms with Gasteiger partial charge < -0.3 is 9.84 Å². The number of carbonyl (C=O) groups is 1. The van der Waals surface area contributed by atoms with Gasteiger partial charge in [-0.2, -0.15) is 15.7 Å². The highest BCUT2D eigenvalue weighted by atomic mass is 32.3. The lowest BCUT2D eigenvalue weighted by Gasteiger charge is -2.46. The lowest BCUT2D eigenvalue weighted by molar-refractivity contribution is 0.198. The van der Waals surface area contributed by atoms with E-state index in [1.54, 1.807) is 23.0 Å². The van der Waals surface area contributed by atoms with Crippen molar-refractivity contribution in [3.05, 3.63) is 60.2 Å². The number of anilines is 1. The smallest absolute Gasteiger partial charge is 0.412 e. The van der Waals surface area contributed by atoms with Gasteiger partial charge in [0.05, 0.1) is 29.4 Å². The number of nitrogens with zero attached hydrogens (tertiary/aromatic N) is 3. The summed E-state index contributed by atoms with van der Waals surface area (Å²) < 4.78 is 40.8. The molecule has 3 aromatic rings. The molecule has 5 rings (SSSR count). The Labute approximate surface area is 191 Å². The molecule has 3 heterocycles. The van der Waals surface area contributed by atoms with Crippen LogP contribution in [0.3, 0.4) is 0 Å². The summed E-state index contributed by atoms with van der Waals surface area (Å²) in [5, 5.41) is 14.2. The van der Waals surface area contributed by atoms with E-state index in [1.807, 2.05) is 13.1 Å². The predicted molar refractivity (Wildman–Crippen MR) is 124 cm³/mol. The second kappa shape index (κ2) is 8.05. The van der Waals surface area contributed by atoms with E-state index < -0.39 is 16.7 Å². The van der Waals surface area contributed by atoms with E-state index in [0.29, 0.717) is 30.0 Å². The minimum Gasteiger partial charge on any atom is -0.465 e. The van der Waals surface area contributed by atoms with Gasteiger partial charge in [0.1, 0.15) is 17.3 Å². The number of hydrogen-bond acceptors (Lipinski definition) is 5. The standard InChI is InChI=1S/C23H24FN3O5S/c1-14-2-7-20-21(27(14)23(28)29)9-8-19(22(20)32-18-5-3-16(24)4-6-18)15-10-25-26(11-15)17-12-33(30,31)13-17/h3-6,8-11,14,17,30-31H,2,7,12-13H2,1H3,(H,28,29). The van der Waals surface area contributed by atoms with Crippen LogP contribution in [0.5, 0.6) is 11.5 Å². The van der Waals surface area contributed by atoms with Crippen molar-refractivity contribution in [1.82, 2.24) is 9.78 Å². The summed E-state index contributed by atoms with van der Waals surface area (Å²) in [4.78, 5) is 13.3. The average Bonchev–Trinajstić information content (AvgIpc) is 3.23. The number of rotatable bonds is 4. The van der Waals surface area contributed by atoms with Crippen molar-refractivity contribution in [1.29, 1.82) is 0 Å². The third kappa shape index (κ3) is 4.05. The summed E-state index contributed by atoms with van der Waals surface area (Å²) >= 11 is 0. The molecule has 0 aliphatic carbocycles. The van der Waals surface area contributed by atoms with E-state index in [0.717, 1.165) is 16.7 Å². The molecular formula is C23H24FN3O5S. The topological polar surface area (TPSA) is 108 Å². The van der Waals surface area contributed by atoms with Crippen molar-refractivity contribution in [3.8, 4) is 22.6 Å². The molecule has 1 saturated heterocycles. The van der Waals surface area contributed by atoms with Gasteiger partial charge in [-0.05, 0) is 56.2 Å². The Morgan fingerprint density at radius 2 is 1.91 bits per heavy atom.